The largest absolute Gasteiger partial charge is 0.356 e. The first-order chi connectivity index (χ1) is 8.60. The molecule has 1 aliphatic rings. The summed E-state index contributed by atoms with van der Waals surface area (Å²) in [7, 11) is 0. The number of hydrogen-bond acceptors (Lipinski definition) is 3. The van der Waals surface area contributed by atoms with Crippen LogP contribution < -0.4 is 5.32 Å². The first-order valence-corrected chi connectivity index (χ1v) is 6.62. The Morgan fingerprint density at radius 3 is 2.78 bits per heavy atom. The average Bonchev–Trinajstić information content (AvgIpc) is 2.56. The van der Waals surface area contributed by atoms with Crippen LogP contribution in [0.5, 0.6) is 0 Å². The Morgan fingerprint density at radius 1 is 1.50 bits per heavy atom. The van der Waals surface area contributed by atoms with Crippen molar-refractivity contribution < 1.29 is 4.79 Å². The molecule has 0 bridgehead atoms. The molecule has 5 heteroatoms. The fraction of sp³-hybridized carbons (Fsp3) is 0.692. The maximum atomic E-state index is 11.3. The highest BCUT2D eigenvalue weighted by Gasteiger charge is 2.29. The van der Waals surface area contributed by atoms with Crippen LogP contribution in [0.3, 0.4) is 0 Å². The summed E-state index contributed by atoms with van der Waals surface area (Å²) in [6, 6.07) is 2.59. The van der Waals surface area contributed by atoms with Gasteiger partial charge in [0.05, 0.1) is 11.7 Å². The third-order valence-electron chi connectivity index (χ3n) is 3.36. The van der Waals surface area contributed by atoms with Gasteiger partial charge in [-0.2, -0.15) is 5.10 Å². The predicted octanol–water partition coefficient (Wildman–Crippen LogP) is 0.883. The molecule has 18 heavy (non-hydrogen) atoms. The molecule has 0 radical (unpaired) electrons. The summed E-state index contributed by atoms with van der Waals surface area (Å²) >= 11 is 0. The Hall–Kier alpha value is -1.36. The summed E-state index contributed by atoms with van der Waals surface area (Å²) in [5.74, 6) is 0.145. The Bertz CT molecular complexity index is 421. The summed E-state index contributed by atoms with van der Waals surface area (Å²) in [4.78, 5) is 13.6. The standard InChI is InChI=1S/C13H22N4O/c1-4-14-13(18)5-6-16-8-12(9-16)17-11(3)7-10(2)15-17/h7,12H,4-6,8-9H2,1-3H3,(H,14,18). The summed E-state index contributed by atoms with van der Waals surface area (Å²) in [6.07, 6.45) is 0.595. The number of carbonyl (C=O) groups excluding carboxylic acids is 1. The molecular weight excluding hydrogens is 228 g/mol. The van der Waals surface area contributed by atoms with Crippen molar-refractivity contribution in [2.45, 2.75) is 33.2 Å². The molecule has 1 aromatic rings. The van der Waals surface area contributed by atoms with E-state index in [4.69, 9.17) is 0 Å². The van der Waals surface area contributed by atoms with Crippen LogP contribution in [0.1, 0.15) is 30.8 Å². The Balaban J connectivity index is 1.74. The van der Waals surface area contributed by atoms with Crippen LogP contribution in [0, 0.1) is 13.8 Å². The highest BCUT2D eigenvalue weighted by atomic mass is 16.1. The molecule has 0 spiro atoms. The molecule has 1 amide bonds. The lowest BCUT2D eigenvalue weighted by atomic mass is 10.1. The second-order valence-corrected chi connectivity index (χ2v) is 4.99. The van der Waals surface area contributed by atoms with E-state index >= 15 is 0 Å². The zero-order valence-electron chi connectivity index (χ0n) is 11.4. The summed E-state index contributed by atoms with van der Waals surface area (Å²) in [5.41, 5.74) is 2.30. The maximum Gasteiger partial charge on any atom is 0.221 e. The van der Waals surface area contributed by atoms with Crippen molar-refractivity contribution in [3.8, 4) is 0 Å². The van der Waals surface area contributed by atoms with Gasteiger partial charge in [-0.05, 0) is 26.8 Å². The van der Waals surface area contributed by atoms with Crippen molar-refractivity contribution in [1.82, 2.24) is 20.0 Å². The molecule has 0 saturated carbocycles. The number of hydrogen-bond donors (Lipinski definition) is 1. The van der Waals surface area contributed by atoms with Crippen LogP contribution in [-0.4, -0.2) is 46.8 Å². The van der Waals surface area contributed by atoms with E-state index in [1.54, 1.807) is 0 Å². The van der Waals surface area contributed by atoms with Crippen molar-refractivity contribution in [3.05, 3.63) is 17.5 Å². The van der Waals surface area contributed by atoms with Gasteiger partial charge in [-0.25, -0.2) is 0 Å². The first-order valence-electron chi connectivity index (χ1n) is 6.62. The molecule has 0 aliphatic carbocycles. The van der Waals surface area contributed by atoms with Crippen LogP contribution in [-0.2, 0) is 4.79 Å². The van der Waals surface area contributed by atoms with E-state index in [0.717, 1.165) is 25.3 Å². The second-order valence-electron chi connectivity index (χ2n) is 4.99. The fourth-order valence-corrected chi connectivity index (χ4v) is 2.44. The molecule has 2 heterocycles. The van der Waals surface area contributed by atoms with Gasteiger partial charge in [-0.1, -0.05) is 0 Å². The quantitative estimate of drug-likeness (QED) is 0.844. The predicted molar refractivity (Wildman–Crippen MR) is 70.5 cm³/mol. The van der Waals surface area contributed by atoms with Gasteiger partial charge in [0.15, 0.2) is 0 Å². The Labute approximate surface area is 108 Å². The number of carbonyl (C=O) groups is 1. The van der Waals surface area contributed by atoms with E-state index in [0.29, 0.717) is 19.0 Å². The highest BCUT2D eigenvalue weighted by molar-refractivity contribution is 5.75. The van der Waals surface area contributed by atoms with Crippen molar-refractivity contribution >= 4 is 5.91 Å². The van der Waals surface area contributed by atoms with Gasteiger partial charge in [0.1, 0.15) is 0 Å². The molecule has 5 nitrogen and oxygen atoms in total. The minimum atomic E-state index is 0.145. The number of aromatic nitrogens is 2. The van der Waals surface area contributed by atoms with Crippen LogP contribution in [0.25, 0.3) is 0 Å². The molecule has 1 saturated heterocycles. The SMILES string of the molecule is CCNC(=O)CCN1CC(n2nc(C)cc2C)C1. The number of nitrogens with zero attached hydrogens (tertiary/aromatic N) is 3. The number of aryl methyl sites for hydroxylation is 2. The molecular formula is C13H22N4O. The smallest absolute Gasteiger partial charge is 0.221 e. The van der Waals surface area contributed by atoms with Crippen LogP contribution in [0.15, 0.2) is 6.07 Å². The molecule has 100 valence electrons. The van der Waals surface area contributed by atoms with Crippen LogP contribution in [0.4, 0.5) is 0 Å². The van der Waals surface area contributed by atoms with Crippen molar-refractivity contribution in [1.29, 1.82) is 0 Å². The highest BCUT2D eigenvalue weighted by Crippen LogP contribution is 2.22. The van der Waals surface area contributed by atoms with Gasteiger partial charge in [-0.15, -0.1) is 0 Å². The van der Waals surface area contributed by atoms with Gasteiger partial charge in [-0.3, -0.25) is 14.4 Å². The van der Waals surface area contributed by atoms with Gasteiger partial charge in [0.2, 0.25) is 5.91 Å². The molecule has 0 aromatic carbocycles. The van der Waals surface area contributed by atoms with Crippen LogP contribution in [0.2, 0.25) is 0 Å². The number of likely N-dealkylation sites (tertiary alicyclic amines) is 1. The molecule has 0 atom stereocenters. The third kappa shape index (κ3) is 2.90. The molecule has 1 aliphatic heterocycles. The summed E-state index contributed by atoms with van der Waals surface area (Å²) in [6.45, 7) is 9.63. The Morgan fingerprint density at radius 2 is 2.22 bits per heavy atom. The van der Waals surface area contributed by atoms with E-state index in [2.05, 4.69) is 33.0 Å². The number of rotatable bonds is 5. The van der Waals surface area contributed by atoms with Gasteiger partial charge < -0.3 is 5.32 Å². The van der Waals surface area contributed by atoms with Crippen molar-refractivity contribution in [2.75, 3.05) is 26.2 Å². The lowest BCUT2D eigenvalue weighted by Crippen LogP contribution is -2.49. The zero-order chi connectivity index (χ0) is 13.1. The van der Waals surface area contributed by atoms with E-state index in [9.17, 15) is 4.79 Å². The lowest BCUT2D eigenvalue weighted by Gasteiger charge is -2.39. The summed E-state index contributed by atoms with van der Waals surface area (Å²) < 4.78 is 2.11. The fourth-order valence-electron chi connectivity index (χ4n) is 2.44. The molecule has 1 N–H and O–H groups in total. The lowest BCUT2D eigenvalue weighted by molar-refractivity contribution is -0.121. The second kappa shape index (κ2) is 5.52. The van der Waals surface area contributed by atoms with Crippen molar-refractivity contribution in [3.63, 3.8) is 0 Å². The minimum Gasteiger partial charge on any atom is -0.356 e. The van der Waals surface area contributed by atoms with Crippen LogP contribution >= 0.6 is 0 Å². The minimum absolute atomic E-state index is 0.145. The van der Waals surface area contributed by atoms with Gasteiger partial charge in [0.25, 0.3) is 0 Å². The van der Waals surface area contributed by atoms with E-state index < -0.39 is 0 Å². The van der Waals surface area contributed by atoms with Gasteiger partial charge in [0, 0.05) is 38.3 Å². The van der Waals surface area contributed by atoms with E-state index in [1.165, 1.54) is 5.69 Å². The molecule has 1 aromatic heterocycles. The normalized spacial score (nSPS) is 16.6. The zero-order valence-corrected chi connectivity index (χ0v) is 11.4. The average molecular weight is 250 g/mol. The Kier molecular flexibility index (Phi) is 4.01. The number of nitrogens with one attached hydrogen (secondary N) is 1. The monoisotopic (exact) mass is 250 g/mol. The van der Waals surface area contributed by atoms with E-state index in [-0.39, 0.29) is 5.91 Å². The third-order valence-corrected chi connectivity index (χ3v) is 3.36. The summed E-state index contributed by atoms with van der Waals surface area (Å²) in [5, 5.41) is 7.32. The van der Waals surface area contributed by atoms with E-state index in [1.807, 2.05) is 13.8 Å². The molecule has 2 rings (SSSR count). The number of amides is 1. The van der Waals surface area contributed by atoms with Gasteiger partial charge >= 0.3 is 0 Å². The molecule has 0 unspecified atom stereocenters. The van der Waals surface area contributed by atoms with Crippen molar-refractivity contribution in [2.24, 2.45) is 0 Å². The topological polar surface area (TPSA) is 50.2 Å². The molecule has 1 fully saturated rings. The maximum absolute atomic E-state index is 11.3. The first kappa shape index (κ1) is 13.1.